The van der Waals surface area contributed by atoms with Gasteiger partial charge in [0.2, 0.25) is 0 Å². The third-order valence-electron chi connectivity index (χ3n) is 3.43. The van der Waals surface area contributed by atoms with Crippen molar-refractivity contribution in [2.24, 2.45) is 5.73 Å². The quantitative estimate of drug-likeness (QED) is 0.887. The smallest absolute Gasteiger partial charge is 0.289 e. The van der Waals surface area contributed by atoms with Crippen molar-refractivity contribution in [3.05, 3.63) is 59.0 Å². The Morgan fingerprint density at radius 2 is 1.90 bits per heavy atom. The van der Waals surface area contributed by atoms with E-state index in [1.165, 1.54) is 5.56 Å². The number of furan rings is 1. The molecule has 0 aliphatic heterocycles. The SMILES string of the molecule is Cc1cc(C)c(C(=O)N(CCN)CCc2ccccc2)o1. The van der Waals surface area contributed by atoms with Crippen LogP contribution in [-0.2, 0) is 6.42 Å². The van der Waals surface area contributed by atoms with Gasteiger partial charge in [-0.15, -0.1) is 0 Å². The molecule has 1 heterocycles. The van der Waals surface area contributed by atoms with E-state index < -0.39 is 0 Å². The monoisotopic (exact) mass is 286 g/mol. The number of hydrogen-bond acceptors (Lipinski definition) is 3. The van der Waals surface area contributed by atoms with Crippen molar-refractivity contribution in [3.8, 4) is 0 Å². The molecule has 112 valence electrons. The van der Waals surface area contributed by atoms with Crippen LogP contribution in [0.2, 0.25) is 0 Å². The molecule has 1 aromatic heterocycles. The summed E-state index contributed by atoms with van der Waals surface area (Å²) in [7, 11) is 0. The summed E-state index contributed by atoms with van der Waals surface area (Å²) in [5.74, 6) is 1.10. The summed E-state index contributed by atoms with van der Waals surface area (Å²) in [6.07, 6.45) is 0.811. The number of carbonyl (C=O) groups excluding carboxylic acids is 1. The second-order valence-corrected chi connectivity index (χ2v) is 5.19. The maximum Gasteiger partial charge on any atom is 0.289 e. The Hall–Kier alpha value is -2.07. The van der Waals surface area contributed by atoms with Gasteiger partial charge in [-0.05, 0) is 31.9 Å². The van der Waals surface area contributed by atoms with E-state index in [0.717, 1.165) is 17.7 Å². The molecule has 0 saturated heterocycles. The summed E-state index contributed by atoms with van der Waals surface area (Å²) in [5, 5.41) is 0. The van der Waals surface area contributed by atoms with Crippen molar-refractivity contribution in [2.45, 2.75) is 20.3 Å². The largest absolute Gasteiger partial charge is 0.456 e. The van der Waals surface area contributed by atoms with Gasteiger partial charge >= 0.3 is 0 Å². The molecule has 0 bridgehead atoms. The van der Waals surface area contributed by atoms with Gasteiger partial charge in [-0.25, -0.2) is 0 Å². The summed E-state index contributed by atoms with van der Waals surface area (Å²) in [5.41, 5.74) is 7.72. The minimum Gasteiger partial charge on any atom is -0.456 e. The van der Waals surface area contributed by atoms with Crippen LogP contribution in [0, 0.1) is 13.8 Å². The maximum absolute atomic E-state index is 12.6. The lowest BCUT2D eigenvalue weighted by atomic mass is 10.1. The number of rotatable bonds is 6. The van der Waals surface area contributed by atoms with E-state index >= 15 is 0 Å². The second kappa shape index (κ2) is 7.09. The summed E-state index contributed by atoms with van der Waals surface area (Å²) >= 11 is 0. The van der Waals surface area contributed by atoms with Crippen LogP contribution in [-0.4, -0.2) is 30.4 Å². The first kappa shape index (κ1) is 15.3. The maximum atomic E-state index is 12.6. The van der Waals surface area contributed by atoms with Crippen LogP contribution in [0.25, 0.3) is 0 Å². The predicted molar refractivity (Wildman–Crippen MR) is 83.3 cm³/mol. The molecular weight excluding hydrogens is 264 g/mol. The number of amides is 1. The molecule has 2 aromatic rings. The fourth-order valence-corrected chi connectivity index (χ4v) is 2.38. The molecule has 1 aromatic carbocycles. The van der Waals surface area contributed by atoms with Crippen LogP contribution in [0.1, 0.15) is 27.4 Å². The van der Waals surface area contributed by atoms with E-state index in [1.54, 1.807) is 4.90 Å². The Morgan fingerprint density at radius 1 is 1.19 bits per heavy atom. The number of hydrogen-bond donors (Lipinski definition) is 1. The minimum atomic E-state index is -0.0815. The topological polar surface area (TPSA) is 59.5 Å². The first-order valence-electron chi connectivity index (χ1n) is 7.22. The van der Waals surface area contributed by atoms with Gasteiger partial charge < -0.3 is 15.1 Å². The molecule has 0 aliphatic rings. The van der Waals surface area contributed by atoms with Crippen molar-refractivity contribution >= 4 is 5.91 Å². The third kappa shape index (κ3) is 3.95. The molecular formula is C17H22N2O2. The number of nitrogens with zero attached hydrogens (tertiary/aromatic N) is 1. The van der Waals surface area contributed by atoms with Gasteiger partial charge in [0.1, 0.15) is 5.76 Å². The highest BCUT2D eigenvalue weighted by Crippen LogP contribution is 2.16. The van der Waals surface area contributed by atoms with Crippen molar-refractivity contribution in [3.63, 3.8) is 0 Å². The predicted octanol–water partition coefficient (Wildman–Crippen LogP) is 2.54. The Labute approximate surface area is 125 Å². The molecule has 21 heavy (non-hydrogen) atoms. The molecule has 4 heteroatoms. The van der Waals surface area contributed by atoms with Crippen molar-refractivity contribution in [1.82, 2.24) is 4.90 Å². The zero-order chi connectivity index (χ0) is 15.2. The van der Waals surface area contributed by atoms with Gasteiger partial charge in [0.15, 0.2) is 5.76 Å². The number of carbonyl (C=O) groups is 1. The number of benzene rings is 1. The first-order chi connectivity index (χ1) is 10.1. The third-order valence-corrected chi connectivity index (χ3v) is 3.43. The first-order valence-corrected chi connectivity index (χ1v) is 7.22. The van der Waals surface area contributed by atoms with Gasteiger partial charge in [0, 0.05) is 25.2 Å². The molecule has 0 radical (unpaired) electrons. The van der Waals surface area contributed by atoms with Crippen LogP contribution >= 0.6 is 0 Å². The summed E-state index contributed by atoms with van der Waals surface area (Å²) in [6, 6.07) is 12.0. The van der Waals surface area contributed by atoms with Gasteiger partial charge in [0.05, 0.1) is 0 Å². The molecule has 0 saturated carbocycles. The zero-order valence-corrected chi connectivity index (χ0v) is 12.6. The van der Waals surface area contributed by atoms with Gasteiger partial charge in [0.25, 0.3) is 5.91 Å². The normalized spacial score (nSPS) is 10.6. The Bertz CT molecular complexity index is 590. The second-order valence-electron chi connectivity index (χ2n) is 5.19. The number of aryl methyl sites for hydroxylation is 2. The van der Waals surface area contributed by atoms with Crippen molar-refractivity contribution in [1.29, 1.82) is 0 Å². The molecule has 0 fully saturated rings. The van der Waals surface area contributed by atoms with Crippen LogP contribution in [0.4, 0.5) is 0 Å². The van der Waals surface area contributed by atoms with E-state index in [9.17, 15) is 4.79 Å². The van der Waals surface area contributed by atoms with Crippen LogP contribution in [0.5, 0.6) is 0 Å². The van der Waals surface area contributed by atoms with E-state index in [-0.39, 0.29) is 5.91 Å². The standard InChI is InChI=1S/C17H22N2O2/c1-13-12-14(2)21-16(13)17(20)19(11-9-18)10-8-15-6-4-3-5-7-15/h3-7,12H,8-11,18H2,1-2H3. The van der Waals surface area contributed by atoms with E-state index in [1.807, 2.05) is 38.1 Å². The Balaban J connectivity index is 2.07. The lowest BCUT2D eigenvalue weighted by molar-refractivity contribution is 0.0727. The molecule has 0 aliphatic carbocycles. The van der Waals surface area contributed by atoms with Crippen molar-refractivity contribution < 1.29 is 9.21 Å². The van der Waals surface area contributed by atoms with Gasteiger partial charge in [-0.3, -0.25) is 4.79 Å². The lowest BCUT2D eigenvalue weighted by Gasteiger charge is -2.21. The van der Waals surface area contributed by atoms with Crippen molar-refractivity contribution in [2.75, 3.05) is 19.6 Å². The van der Waals surface area contributed by atoms with E-state index in [2.05, 4.69) is 12.1 Å². The highest BCUT2D eigenvalue weighted by atomic mass is 16.4. The molecule has 0 atom stereocenters. The lowest BCUT2D eigenvalue weighted by Crippen LogP contribution is -2.37. The fourth-order valence-electron chi connectivity index (χ4n) is 2.38. The summed E-state index contributed by atoms with van der Waals surface area (Å²) in [6.45, 7) is 5.35. The number of nitrogens with two attached hydrogens (primary N) is 1. The zero-order valence-electron chi connectivity index (χ0n) is 12.6. The minimum absolute atomic E-state index is 0.0815. The highest BCUT2D eigenvalue weighted by molar-refractivity contribution is 5.93. The molecule has 2 rings (SSSR count). The Morgan fingerprint density at radius 3 is 2.48 bits per heavy atom. The average Bonchev–Trinajstić information content (AvgIpc) is 2.82. The van der Waals surface area contributed by atoms with Crippen LogP contribution in [0.3, 0.4) is 0 Å². The van der Waals surface area contributed by atoms with Crippen LogP contribution < -0.4 is 5.73 Å². The summed E-state index contributed by atoms with van der Waals surface area (Å²) in [4.78, 5) is 14.3. The Kier molecular flexibility index (Phi) is 5.17. The molecule has 1 amide bonds. The molecule has 2 N–H and O–H groups in total. The van der Waals surface area contributed by atoms with Crippen LogP contribution in [0.15, 0.2) is 40.8 Å². The average molecular weight is 286 g/mol. The fraction of sp³-hybridized carbons (Fsp3) is 0.353. The molecule has 0 spiro atoms. The van der Waals surface area contributed by atoms with E-state index in [0.29, 0.717) is 25.4 Å². The molecule has 4 nitrogen and oxygen atoms in total. The molecule has 0 unspecified atom stereocenters. The van der Waals surface area contributed by atoms with Gasteiger partial charge in [-0.1, -0.05) is 30.3 Å². The van der Waals surface area contributed by atoms with Gasteiger partial charge in [-0.2, -0.15) is 0 Å². The van der Waals surface area contributed by atoms with E-state index in [4.69, 9.17) is 10.2 Å². The highest BCUT2D eigenvalue weighted by Gasteiger charge is 2.20. The summed E-state index contributed by atoms with van der Waals surface area (Å²) < 4.78 is 5.52.